The van der Waals surface area contributed by atoms with Gasteiger partial charge in [0.15, 0.2) is 0 Å². The van der Waals surface area contributed by atoms with Gasteiger partial charge in [-0.3, -0.25) is 0 Å². The molecule has 1 heterocycles. The van der Waals surface area contributed by atoms with Crippen molar-refractivity contribution in [3.63, 3.8) is 0 Å². The number of carboxylic acids is 1. The molecule has 2 rings (SSSR count). The maximum Gasteiger partial charge on any atom is 0.328 e. The van der Waals surface area contributed by atoms with E-state index in [1.807, 2.05) is 24.3 Å². The first-order valence-corrected chi connectivity index (χ1v) is 7.06. The number of benzene rings is 1. The van der Waals surface area contributed by atoms with Gasteiger partial charge in [0.2, 0.25) is 0 Å². The van der Waals surface area contributed by atoms with Crippen molar-refractivity contribution in [3.05, 3.63) is 35.9 Å². The molecular weight excluding hydrogens is 254 g/mol. The second-order valence-electron chi connectivity index (χ2n) is 4.94. The summed E-state index contributed by atoms with van der Waals surface area (Å²) in [5.41, 5.74) is 2.04. The molecule has 0 spiro atoms. The van der Waals surface area contributed by atoms with Crippen LogP contribution in [0.25, 0.3) is 6.08 Å². The molecule has 4 heteroatoms. The van der Waals surface area contributed by atoms with Gasteiger partial charge in [0, 0.05) is 31.5 Å². The van der Waals surface area contributed by atoms with Crippen molar-refractivity contribution in [2.45, 2.75) is 25.9 Å². The number of carbonyl (C=O) groups is 1. The quantitative estimate of drug-likeness (QED) is 0.811. The molecule has 0 aromatic heterocycles. The van der Waals surface area contributed by atoms with E-state index in [-0.39, 0.29) is 0 Å². The Morgan fingerprint density at radius 2 is 2.20 bits per heavy atom. The van der Waals surface area contributed by atoms with Crippen LogP contribution in [0.5, 0.6) is 0 Å². The molecule has 0 radical (unpaired) electrons. The minimum Gasteiger partial charge on any atom is -0.478 e. The monoisotopic (exact) mass is 275 g/mol. The number of carboxylic acid groups (broad SMARTS) is 1. The zero-order valence-corrected chi connectivity index (χ0v) is 11.8. The van der Waals surface area contributed by atoms with Crippen LogP contribution in [0.4, 0.5) is 5.69 Å². The van der Waals surface area contributed by atoms with E-state index in [0.717, 1.165) is 49.9 Å². The minimum atomic E-state index is -0.928. The van der Waals surface area contributed by atoms with Crippen LogP contribution in [-0.2, 0) is 9.53 Å². The molecule has 1 aromatic rings. The lowest BCUT2D eigenvalue weighted by Crippen LogP contribution is -2.31. The fourth-order valence-electron chi connectivity index (χ4n) is 2.41. The largest absolute Gasteiger partial charge is 0.478 e. The van der Waals surface area contributed by atoms with Gasteiger partial charge in [-0.15, -0.1) is 0 Å². The summed E-state index contributed by atoms with van der Waals surface area (Å²) >= 11 is 0. The molecule has 1 saturated heterocycles. The highest BCUT2D eigenvalue weighted by molar-refractivity contribution is 5.85. The first-order valence-electron chi connectivity index (χ1n) is 7.06. The van der Waals surface area contributed by atoms with Gasteiger partial charge in [-0.25, -0.2) is 4.79 Å². The van der Waals surface area contributed by atoms with Crippen molar-refractivity contribution in [1.29, 1.82) is 0 Å². The van der Waals surface area contributed by atoms with E-state index in [0.29, 0.717) is 6.10 Å². The van der Waals surface area contributed by atoms with Crippen molar-refractivity contribution in [3.8, 4) is 0 Å². The number of ether oxygens (including phenoxy) is 1. The van der Waals surface area contributed by atoms with Crippen LogP contribution in [0.3, 0.4) is 0 Å². The zero-order valence-electron chi connectivity index (χ0n) is 11.8. The van der Waals surface area contributed by atoms with E-state index in [4.69, 9.17) is 9.84 Å². The lowest BCUT2D eigenvalue weighted by atomic mass is 10.1. The van der Waals surface area contributed by atoms with Crippen LogP contribution in [0.15, 0.2) is 30.3 Å². The molecule has 1 fully saturated rings. The summed E-state index contributed by atoms with van der Waals surface area (Å²) in [6.45, 7) is 4.86. The average molecular weight is 275 g/mol. The predicted octanol–water partition coefficient (Wildman–Crippen LogP) is 2.79. The number of hydrogen-bond donors (Lipinski definition) is 1. The molecule has 108 valence electrons. The summed E-state index contributed by atoms with van der Waals surface area (Å²) in [6, 6.07) is 7.93. The summed E-state index contributed by atoms with van der Waals surface area (Å²) in [5.74, 6) is -0.928. The second-order valence-corrected chi connectivity index (χ2v) is 4.94. The summed E-state index contributed by atoms with van der Waals surface area (Å²) < 4.78 is 5.68. The highest BCUT2D eigenvalue weighted by Crippen LogP contribution is 2.20. The molecule has 1 aliphatic heterocycles. The molecule has 20 heavy (non-hydrogen) atoms. The lowest BCUT2D eigenvalue weighted by molar-refractivity contribution is -0.131. The van der Waals surface area contributed by atoms with Crippen LogP contribution in [-0.4, -0.2) is 36.9 Å². The molecule has 1 unspecified atom stereocenters. The smallest absolute Gasteiger partial charge is 0.328 e. The molecule has 0 saturated carbocycles. The number of hydrogen-bond acceptors (Lipinski definition) is 3. The Kier molecular flexibility index (Phi) is 5.18. The zero-order chi connectivity index (χ0) is 14.4. The van der Waals surface area contributed by atoms with Crippen molar-refractivity contribution >= 4 is 17.7 Å². The van der Waals surface area contributed by atoms with Crippen LogP contribution >= 0.6 is 0 Å². The third-order valence-electron chi connectivity index (χ3n) is 3.51. The van der Waals surface area contributed by atoms with Gasteiger partial charge in [0.05, 0.1) is 6.10 Å². The Labute approximate surface area is 119 Å². The Balaban J connectivity index is 2.00. The number of anilines is 1. The van der Waals surface area contributed by atoms with E-state index in [1.54, 1.807) is 6.08 Å². The van der Waals surface area contributed by atoms with Crippen LogP contribution in [0.1, 0.15) is 25.3 Å². The third kappa shape index (κ3) is 4.10. The molecule has 1 atom stereocenters. The van der Waals surface area contributed by atoms with E-state index < -0.39 is 5.97 Å². The average Bonchev–Trinajstić information content (AvgIpc) is 2.96. The molecule has 0 aliphatic carbocycles. The molecular formula is C16H21NO3. The molecule has 1 N–H and O–H groups in total. The van der Waals surface area contributed by atoms with E-state index in [1.165, 1.54) is 0 Å². The van der Waals surface area contributed by atoms with E-state index in [9.17, 15) is 4.79 Å². The van der Waals surface area contributed by atoms with Gasteiger partial charge in [-0.1, -0.05) is 12.1 Å². The van der Waals surface area contributed by atoms with Gasteiger partial charge in [-0.05, 0) is 43.5 Å². The number of likely N-dealkylation sites (N-methyl/N-ethyl adjacent to an activating group) is 1. The fourth-order valence-corrected chi connectivity index (χ4v) is 2.41. The molecule has 1 aliphatic rings. The molecule has 4 nitrogen and oxygen atoms in total. The topological polar surface area (TPSA) is 49.8 Å². The van der Waals surface area contributed by atoms with Crippen molar-refractivity contribution in [2.75, 3.05) is 24.6 Å². The predicted molar refractivity (Wildman–Crippen MR) is 80.0 cm³/mol. The van der Waals surface area contributed by atoms with E-state index in [2.05, 4.69) is 11.8 Å². The van der Waals surface area contributed by atoms with Crippen LogP contribution in [0.2, 0.25) is 0 Å². The maximum atomic E-state index is 10.5. The van der Waals surface area contributed by atoms with E-state index >= 15 is 0 Å². The Bertz CT molecular complexity index is 461. The summed E-state index contributed by atoms with van der Waals surface area (Å²) in [4.78, 5) is 12.8. The Morgan fingerprint density at radius 3 is 2.75 bits per heavy atom. The standard InChI is InChI=1S/C16H21NO3/c1-2-17(12-15-4-3-11-20-15)14-8-5-13(6-9-14)7-10-16(18)19/h5-10,15H,2-4,11-12H2,1H3,(H,18,19). The van der Waals surface area contributed by atoms with Gasteiger partial charge < -0.3 is 14.7 Å². The molecule has 1 aromatic carbocycles. The fraction of sp³-hybridized carbons (Fsp3) is 0.438. The third-order valence-corrected chi connectivity index (χ3v) is 3.51. The number of aliphatic carboxylic acids is 1. The summed E-state index contributed by atoms with van der Waals surface area (Å²) in [7, 11) is 0. The van der Waals surface area contributed by atoms with Gasteiger partial charge in [0.1, 0.15) is 0 Å². The lowest BCUT2D eigenvalue weighted by Gasteiger charge is -2.26. The summed E-state index contributed by atoms with van der Waals surface area (Å²) in [6.07, 6.45) is 5.37. The van der Waals surface area contributed by atoms with Crippen LogP contribution < -0.4 is 4.90 Å². The molecule has 0 amide bonds. The van der Waals surface area contributed by atoms with Crippen molar-refractivity contribution < 1.29 is 14.6 Å². The molecule has 0 bridgehead atoms. The highest BCUT2D eigenvalue weighted by Gasteiger charge is 2.18. The minimum absolute atomic E-state index is 0.335. The van der Waals surface area contributed by atoms with Gasteiger partial charge in [0.25, 0.3) is 0 Å². The Morgan fingerprint density at radius 1 is 1.45 bits per heavy atom. The number of rotatable bonds is 6. The normalized spacial score (nSPS) is 18.6. The first-order chi connectivity index (χ1) is 9.69. The summed E-state index contributed by atoms with van der Waals surface area (Å²) in [5, 5.41) is 8.61. The second kappa shape index (κ2) is 7.10. The maximum absolute atomic E-state index is 10.5. The van der Waals surface area contributed by atoms with Crippen molar-refractivity contribution in [1.82, 2.24) is 0 Å². The first kappa shape index (κ1) is 14.6. The number of nitrogens with zero attached hydrogens (tertiary/aromatic N) is 1. The van der Waals surface area contributed by atoms with Crippen molar-refractivity contribution in [2.24, 2.45) is 0 Å². The Hall–Kier alpha value is -1.81. The van der Waals surface area contributed by atoms with Crippen LogP contribution in [0, 0.1) is 0 Å². The van der Waals surface area contributed by atoms with Gasteiger partial charge >= 0.3 is 5.97 Å². The van der Waals surface area contributed by atoms with Gasteiger partial charge in [-0.2, -0.15) is 0 Å². The highest BCUT2D eigenvalue weighted by atomic mass is 16.5. The SMILES string of the molecule is CCN(CC1CCCO1)c1ccc(C=CC(=O)O)cc1.